The van der Waals surface area contributed by atoms with Gasteiger partial charge in [0.15, 0.2) is 17.6 Å². The molecule has 3 aromatic carbocycles. The molecule has 322 valence electrons. The number of esters is 2. The second-order valence-electron chi connectivity index (χ2n) is 13.7. The second-order valence-corrected chi connectivity index (χ2v) is 13.7. The molecule has 11 atom stereocenters. The van der Waals surface area contributed by atoms with Crippen LogP contribution in [0, 0.1) is 0 Å². The molecule has 11 N–H and O–H groups in total. The van der Waals surface area contributed by atoms with Crippen LogP contribution in [0.15, 0.2) is 66.4 Å². The van der Waals surface area contributed by atoms with Crippen LogP contribution in [0.4, 0.5) is 0 Å². The van der Waals surface area contributed by atoms with Crippen molar-refractivity contribution in [1.82, 2.24) is 0 Å². The smallest absolute Gasteiger partial charge is 0.330 e. The summed E-state index contributed by atoms with van der Waals surface area (Å²) in [6.07, 6.45) is -16.8. The Labute approximate surface area is 338 Å². The molecule has 2 fully saturated rings. The maximum absolute atomic E-state index is 12.5. The summed E-state index contributed by atoms with van der Waals surface area (Å²) in [4.78, 5) is 35.2. The van der Waals surface area contributed by atoms with E-state index in [0.29, 0.717) is 5.56 Å². The van der Waals surface area contributed by atoms with Gasteiger partial charge >= 0.3 is 17.9 Å². The van der Waals surface area contributed by atoms with Crippen molar-refractivity contribution in [3.8, 4) is 34.5 Å². The van der Waals surface area contributed by atoms with Crippen molar-refractivity contribution < 1.29 is 104 Å². The highest BCUT2D eigenvalue weighted by Crippen LogP contribution is 2.46. The zero-order valence-corrected chi connectivity index (χ0v) is 30.9. The Morgan fingerprint density at radius 1 is 0.667 bits per heavy atom. The molecule has 21 nitrogen and oxygen atoms in total. The van der Waals surface area contributed by atoms with E-state index in [1.54, 1.807) is 0 Å². The van der Waals surface area contributed by atoms with Crippen LogP contribution in [-0.4, -0.2) is 149 Å². The molecule has 3 aliphatic rings. The standard InChI is InChI=1S/C39H40O21/c40-18-5-1-16(2-6-18)3-8-29(46)54-14-26-31(48)34(51)36(53)39(60-26)58-25-12-20-23(56-37(25)17-4-7-21(42)22(43)9-17)10-19(41)11-24(20)57-38-35(52)33(50)32(49)27(59-38)15-55-30(47)13-28(44)45/h1-12,26-27,31-43,48-53H,13-15H2,(H,44,45). The molecule has 0 aliphatic carbocycles. The van der Waals surface area contributed by atoms with Gasteiger partial charge < -0.3 is 89.3 Å². The van der Waals surface area contributed by atoms with E-state index in [2.05, 4.69) is 0 Å². The van der Waals surface area contributed by atoms with Gasteiger partial charge in [0, 0.05) is 23.8 Å². The third-order valence-corrected chi connectivity index (χ3v) is 9.41. The molecule has 11 unspecified atom stereocenters. The first kappa shape index (κ1) is 43.4. The maximum atomic E-state index is 12.5. The molecule has 3 aliphatic heterocycles. The molecule has 6 rings (SSSR count). The van der Waals surface area contributed by atoms with Crippen LogP contribution in [0.3, 0.4) is 0 Å². The number of aromatic hydroxyl groups is 4. The second kappa shape index (κ2) is 18.4. The fourth-order valence-corrected chi connectivity index (χ4v) is 6.23. The summed E-state index contributed by atoms with van der Waals surface area (Å²) in [6.45, 7) is -1.41. The SMILES string of the molecule is O=C(O)CC(=O)OCC1OC(Oc2cc(O)cc3c2C=C(OC2OC(COC(=O)C=Cc4ccc(O)cc4)C(O)C(O)C2O)C(c2ccc(O)c(O)c2)O3)C(O)C(O)C1O. The normalized spacial score (nSPS) is 28.8. The molecule has 0 aromatic heterocycles. The van der Waals surface area contributed by atoms with E-state index in [9.17, 15) is 65.4 Å². The summed E-state index contributed by atoms with van der Waals surface area (Å²) in [5.74, 6) is -5.81. The number of fused-ring (bicyclic) bond motifs is 1. The van der Waals surface area contributed by atoms with E-state index in [0.717, 1.165) is 30.3 Å². The minimum Gasteiger partial charge on any atom is -0.508 e. The number of aliphatic hydroxyl groups is 6. The Morgan fingerprint density at radius 2 is 1.28 bits per heavy atom. The number of phenolic OH excluding ortho intramolecular Hbond substituents is 4. The number of aliphatic hydroxyl groups excluding tert-OH is 6. The van der Waals surface area contributed by atoms with Crippen LogP contribution in [0.25, 0.3) is 12.2 Å². The van der Waals surface area contributed by atoms with Crippen LogP contribution in [0.2, 0.25) is 0 Å². The van der Waals surface area contributed by atoms with Gasteiger partial charge in [-0.1, -0.05) is 18.2 Å². The summed E-state index contributed by atoms with van der Waals surface area (Å²) in [6, 6.07) is 11.6. The summed E-state index contributed by atoms with van der Waals surface area (Å²) >= 11 is 0. The molecule has 0 saturated carbocycles. The van der Waals surface area contributed by atoms with Crippen LogP contribution in [-0.2, 0) is 38.1 Å². The van der Waals surface area contributed by atoms with E-state index in [-0.39, 0.29) is 34.1 Å². The molecule has 21 heteroatoms. The van der Waals surface area contributed by atoms with Gasteiger partial charge in [-0.25, -0.2) is 4.79 Å². The lowest BCUT2D eigenvalue weighted by Gasteiger charge is -2.41. The molecule has 3 heterocycles. The lowest BCUT2D eigenvalue weighted by atomic mass is 9.98. The first-order valence-electron chi connectivity index (χ1n) is 18.0. The van der Waals surface area contributed by atoms with Crippen molar-refractivity contribution >= 4 is 30.1 Å². The zero-order chi connectivity index (χ0) is 43.4. The first-order chi connectivity index (χ1) is 28.5. The van der Waals surface area contributed by atoms with Gasteiger partial charge in [0.25, 0.3) is 0 Å². The third-order valence-electron chi connectivity index (χ3n) is 9.41. The average Bonchev–Trinajstić information content (AvgIpc) is 3.20. The molecule has 60 heavy (non-hydrogen) atoms. The van der Waals surface area contributed by atoms with Gasteiger partial charge in [-0.3, -0.25) is 9.59 Å². The van der Waals surface area contributed by atoms with Crippen LogP contribution in [0.1, 0.15) is 29.2 Å². The van der Waals surface area contributed by atoms with Crippen molar-refractivity contribution in [1.29, 1.82) is 0 Å². The Kier molecular flexibility index (Phi) is 13.3. The molecular weight excluding hydrogens is 804 g/mol. The van der Waals surface area contributed by atoms with Gasteiger partial charge in [-0.2, -0.15) is 0 Å². The van der Waals surface area contributed by atoms with E-state index < -0.39 is 122 Å². The highest BCUT2D eigenvalue weighted by atomic mass is 16.7. The molecule has 0 radical (unpaired) electrons. The van der Waals surface area contributed by atoms with Gasteiger partial charge in [-0.15, -0.1) is 0 Å². The van der Waals surface area contributed by atoms with Crippen molar-refractivity contribution in [3.63, 3.8) is 0 Å². The highest BCUT2D eigenvalue weighted by Gasteiger charge is 2.48. The Balaban J connectivity index is 1.26. The van der Waals surface area contributed by atoms with Crippen molar-refractivity contribution in [2.45, 2.75) is 73.9 Å². The fourth-order valence-electron chi connectivity index (χ4n) is 6.23. The summed E-state index contributed by atoms with van der Waals surface area (Å²) in [7, 11) is 0. The number of carboxylic acids is 1. The number of benzene rings is 3. The molecule has 0 spiro atoms. The summed E-state index contributed by atoms with van der Waals surface area (Å²) in [5, 5.41) is 114. The first-order valence-corrected chi connectivity index (χ1v) is 18.0. The average molecular weight is 845 g/mol. The molecule has 0 amide bonds. The quantitative estimate of drug-likeness (QED) is 0.0437. The Bertz CT molecular complexity index is 2100. The van der Waals surface area contributed by atoms with Crippen LogP contribution < -0.4 is 9.47 Å². The van der Waals surface area contributed by atoms with Gasteiger partial charge in [0.1, 0.15) is 97.2 Å². The molecule has 2 saturated heterocycles. The Hall–Kier alpha value is -6.17. The number of aliphatic carboxylic acids is 1. The van der Waals surface area contributed by atoms with Crippen LogP contribution >= 0.6 is 0 Å². The fraction of sp³-hybridized carbons (Fsp3) is 0.359. The largest absolute Gasteiger partial charge is 0.508 e. The van der Waals surface area contributed by atoms with Crippen LogP contribution in [0.5, 0.6) is 34.5 Å². The lowest BCUT2D eigenvalue weighted by molar-refractivity contribution is -0.294. The number of carbonyl (C=O) groups is 3. The predicted molar refractivity (Wildman–Crippen MR) is 196 cm³/mol. The van der Waals surface area contributed by atoms with E-state index in [4.69, 9.17) is 38.3 Å². The number of ether oxygens (including phenoxy) is 7. The summed E-state index contributed by atoms with van der Waals surface area (Å²) < 4.78 is 39.4. The van der Waals surface area contributed by atoms with Crippen molar-refractivity contribution in [3.05, 3.63) is 83.1 Å². The number of carbonyl (C=O) groups excluding carboxylic acids is 2. The highest BCUT2D eigenvalue weighted by molar-refractivity contribution is 5.90. The number of hydrogen-bond acceptors (Lipinski definition) is 20. The van der Waals surface area contributed by atoms with Crippen molar-refractivity contribution in [2.75, 3.05) is 13.2 Å². The van der Waals surface area contributed by atoms with Crippen molar-refractivity contribution in [2.24, 2.45) is 0 Å². The number of rotatable bonds is 13. The van der Waals surface area contributed by atoms with E-state index in [1.807, 2.05) is 0 Å². The maximum Gasteiger partial charge on any atom is 0.330 e. The minimum absolute atomic E-state index is 0.0148. The Morgan fingerprint density at radius 3 is 1.90 bits per heavy atom. The molecule has 0 bridgehead atoms. The zero-order valence-electron chi connectivity index (χ0n) is 30.9. The van der Waals surface area contributed by atoms with Gasteiger partial charge in [-0.05, 0) is 42.0 Å². The third kappa shape index (κ3) is 9.98. The van der Waals surface area contributed by atoms with E-state index >= 15 is 0 Å². The van der Waals surface area contributed by atoms with Gasteiger partial charge in [0.05, 0.1) is 5.56 Å². The monoisotopic (exact) mass is 844 g/mol. The van der Waals surface area contributed by atoms with E-state index in [1.165, 1.54) is 42.5 Å². The summed E-state index contributed by atoms with van der Waals surface area (Å²) in [5.41, 5.74) is 0.615. The predicted octanol–water partition coefficient (Wildman–Crippen LogP) is -0.731. The minimum atomic E-state index is -1.96. The van der Waals surface area contributed by atoms with Gasteiger partial charge in [0.2, 0.25) is 12.6 Å². The topological polar surface area (TPSA) is 338 Å². The number of phenols is 4. The number of hydrogen-bond donors (Lipinski definition) is 11. The molecular formula is C39H40O21. The number of carboxylic acid groups (broad SMARTS) is 1. The lowest BCUT2D eigenvalue weighted by Crippen LogP contribution is -2.60. The molecule has 3 aromatic rings.